The Kier molecular flexibility index (Phi) is 4.94. The summed E-state index contributed by atoms with van der Waals surface area (Å²) in [7, 11) is 1.58. The zero-order chi connectivity index (χ0) is 20.4. The molecule has 2 aromatic rings. The summed E-state index contributed by atoms with van der Waals surface area (Å²) in [6.45, 7) is 0.493. The van der Waals surface area contributed by atoms with Gasteiger partial charge in [-0.2, -0.15) is 0 Å². The lowest BCUT2D eigenvalue weighted by atomic mass is 9.97. The van der Waals surface area contributed by atoms with Crippen LogP contribution in [0.1, 0.15) is 26.3 Å². The molecule has 150 valence electrons. The first-order chi connectivity index (χ1) is 14.0. The van der Waals surface area contributed by atoms with E-state index in [4.69, 9.17) is 14.2 Å². The van der Waals surface area contributed by atoms with Gasteiger partial charge in [-0.1, -0.05) is 24.3 Å². The van der Waals surface area contributed by atoms with E-state index in [-0.39, 0.29) is 38.2 Å². The van der Waals surface area contributed by atoms with E-state index in [2.05, 4.69) is 5.32 Å². The Morgan fingerprint density at radius 1 is 1.07 bits per heavy atom. The predicted octanol–water partition coefficient (Wildman–Crippen LogP) is 1.99. The van der Waals surface area contributed by atoms with Crippen molar-refractivity contribution >= 4 is 17.9 Å². The largest absolute Gasteiger partial charge is 0.497 e. The van der Waals surface area contributed by atoms with E-state index in [1.54, 1.807) is 55.6 Å². The Bertz CT molecular complexity index is 917. The van der Waals surface area contributed by atoms with Crippen molar-refractivity contribution in [3.8, 4) is 5.75 Å². The highest BCUT2D eigenvalue weighted by atomic mass is 16.6. The SMILES string of the molecule is COc1ccc(COC(=O)NC2(CN3C(=O)c4ccccc4C3=O)COC2)cc1. The molecule has 2 aliphatic heterocycles. The fraction of sp³-hybridized carbons (Fsp3) is 0.286. The molecule has 29 heavy (non-hydrogen) atoms. The van der Waals surface area contributed by atoms with Crippen LogP contribution in [-0.4, -0.2) is 55.2 Å². The van der Waals surface area contributed by atoms with Crippen LogP contribution < -0.4 is 10.1 Å². The van der Waals surface area contributed by atoms with Crippen LogP contribution >= 0.6 is 0 Å². The molecule has 4 rings (SSSR count). The molecule has 0 aliphatic carbocycles. The maximum absolute atomic E-state index is 12.6. The molecule has 1 saturated heterocycles. The van der Waals surface area contributed by atoms with E-state index < -0.39 is 11.6 Å². The molecule has 2 aliphatic rings. The van der Waals surface area contributed by atoms with Gasteiger partial charge in [-0.3, -0.25) is 14.5 Å². The Morgan fingerprint density at radius 3 is 2.21 bits per heavy atom. The fourth-order valence-electron chi connectivity index (χ4n) is 3.36. The molecule has 0 aromatic heterocycles. The fourth-order valence-corrected chi connectivity index (χ4v) is 3.36. The molecule has 3 amide bonds. The summed E-state index contributed by atoms with van der Waals surface area (Å²) in [6.07, 6.45) is -0.638. The minimum Gasteiger partial charge on any atom is -0.497 e. The Hall–Kier alpha value is -3.39. The Balaban J connectivity index is 1.37. The second-order valence-electron chi connectivity index (χ2n) is 7.06. The highest BCUT2D eigenvalue weighted by Crippen LogP contribution is 2.27. The summed E-state index contributed by atoms with van der Waals surface area (Å²) in [5, 5.41) is 2.76. The van der Waals surface area contributed by atoms with Gasteiger partial charge in [-0.05, 0) is 29.8 Å². The van der Waals surface area contributed by atoms with Gasteiger partial charge >= 0.3 is 6.09 Å². The third-order valence-electron chi connectivity index (χ3n) is 4.99. The second kappa shape index (κ2) is 7.56. The summed E-state index contributed by atoms with van der Waals surface area (Å²) in [5.74, 6) is -0.0275. The number of ether oxygens (including phenoxy) is 3. The number of nitrogens with zero attached hydrogens (tertiary/aromatic N) is 1. The van der Waals surface area contributed by atoms with Crippen molar-refractivity contribution in [2.24, 2.45) is 0 Å². The minimum absolute atomic E-state index is 0.0248. The van der Waals surface area contributed by atoms with Crippen molar-refractivity contribution in [1.29, 1.82) is 0 Å². The van der Waals surface area contributed by atoms with Gasteiger partial charge in [0.2, 0.25) is 0 Å². The zero-order valence-electron chi connectivity index (χ0n) is 15.8. The van der Waals surface area contributed by atoms with Crippen molar-refractivity contribution in [2.75, 3.05) is 26.9 Å². The third-order valence-corrected chi connectivity index (χ3v) is 4.99. The third kappa shape index (κ3) is 3.66. The normalized spacial score (nSPS) is 16.8. The molecule has 1 fully saturated rings. The van der Waals surface area contributed by atoms with Crippen LogP contribution in [0.15, 0.2) is 48.5 Å². The molecule has 8 nitrogen and oxygen atoms in total. The molecule has 0 bridgehead atoms. The summed E-state index contributed by atoms with van der Waals surface area (Å²) in [6, 6.07) is 13.8. The molecule has 0 unspecified atom stereocenters. The van der Waals surface area contributed by atoms with Crippen LogP contribution in [0, 0.1) is 0 Å². The van der Waals surface area contributed by atoms with Crippen molar-refractivity contribution in [1.82, 2.24) is 10.2 Å². The molecule has 8 heteroatoms. The van der Waals surface area contributed by atoms with Gasteiger partial charge in [-0.25, -0.2) is 4.79 Å². The average molecular weight is 396 g/mol. The number of fused-ring (bicyclic) bond motifs is 1. The van der Waals surface area contributed by atoms with Gasteiger partial charge in [0.15, 0.2) is 0 Å². The number of rotatable bonds is 6. The van der Waals surface area contributed by atoms with Crippen LogP contribution in [-0.2, 0) is 16.1 Å². The predicted molar refractivity (Wildman–Crippen MR) is 102 cm³/mol. The quantitative estimate of drug-likeness (QED) is 0.751. The lowest BCUT2D eigenvalue weighted by molar-refractivity contribution is -0.0790. The van der Waals surface area contributed by atoms with Crippen molar-refractivity contribution in [3.63, 3.8) is 0 Å². The monoisotopic (exact) mass is 396 g/mol. The zero-order valence-corrected chi connectivity index (χ0v) is 15.8. The number of nitrogens with one attached hydrogen (secondary N) is 1. The highest BCUT2D eigenvalue weighted by molar-refractivity contribution is 6.21. The molecule has 1 N–H and O–H groups in total. The van der Waals surface area contributed by atoms with Crippen LogP contribution in [0.4, 0.5) is 4.79 Å². The lowest BCUT2D eigenvalue weighted by Crippen LogP contribution is -2.67. The minimum atomic E-state index is -0.857. The lowest BCUT2D eigenvalue weighted by Gasteiger charge is -2.43. The van der Waals surface area contributed by atoms with Crippen LogP contribution in [0.5, 0.6) is 5.75 Å². The van der Waals surface area contributed by atoms with Gasteiger partial charge in [0, 0.05) is 0 Å². The number of amides is 3. The van der Waals surface area contributed by atoms with Crippen LogP contribution in [0.3, 0.4) is 0 Å². The Morgan fingerprint density at radius 2 is 1.69 bits per heavy atom. The van der Waals surface area contributed by atoms with Gasteiger partial charge in [0.05, 0.1) is 38.0 Å². The van der Waals surface area contributed by atoms with Gasteiger partial charge in [-0.15, -0.1) is 0 Å². The van der Waals surface area contributed by atoms with Crippen molar-refractivity contribution in [2.45, 2.75) is 12.1 Å². The maximum Gasteiger partial charge on any atom is 0.408 e. The molecule has 0 radical (unpaired) electrons. The second-order valence-corrected chi connectivity index (χ2v) is 7.06. The molecule has 0 saturated carbocycles. The number of imide groups is 1. The maximum atomic E-state index is 12.6. The number of hydrogen-bond acceptors (Lipinski definition) is 6. The van der Waals surface area contributed by atoms with Crippen LogP contribution in [0.25, 0.3) is 0 Å². The average Bonchev–Trinajstić information content (AvgIpc) is 2.96. The first-order valence-corrected chi connectivity index (χ1v) is 9.12. The molecule has 2 aromatic carbocycles. The van der Waals surface area contributed by atoms with E-state index in [1.807, 2.05) is 0 Å². The number of benzene rings is 2. The van der Waals surface area contributed by atoms with E-state index in [1.165, 1.54) is 0 Å². The van der Waals surface area contributed by atoms with Gasteiger partial charge in [0.25, 0.3) is 11.8 Å². The molecule has 0 spiro atoms. The summed E-state index contributed by atoms with van der Waals surface area (Å²) < 4.78 is 15.6. The number of carbonyl (C=O) groups excluding carboxylic acids is 3. The van der Waals surface area contributed by atoms with Crippen molar-refractivity contribution < 1.29 is 28.6 Å². The Labute approximate surface area is 167 Å². The van der Waals surface area contributed by atoms with Crippen LogP contribution in [0.2, 0.25) is 0 Å². The summed E-state index contributed by atoms with van der Waals surface area (Å²) in [5.41, 5.74) is 0.690. The summed E-state index contributed by atoms with van der Waals surface area (Å²) >= 11 is 0. The first kappa shape index (κ1) is 18.9. The van der Waals surface area contributed by atoms with E-state index in [0.717, 1.165) is 10.5 Å². The number of hydrogen-bond donors (Lipinski definition) is 1. The molecule has 2 heterocycles. The number of methoxy groups -OCH3 is 1. The topological polar surface area (TPSA) is 94.2 Å². The molecular weight excluding hydrogens is 376 g/mol. The highest BCUT2D eigenvalue weighted by Gasteiger charge is 2.47. The first-order valence-electron chi connectivity index (χ1n) is 9.12. The number of alkyl carbamates (subject to hydrolysis) is 1. The number of carbonyl (C=O) groups is 3. The smallest absolute Gasteiger partial charge is 0.408 e. The standard InChI is InChI=1S/C21H20N2O6/c1-27-15-8-6-14(7-9-15)10-29-20(26)22-21(12-28-13-21)11-23-18(24)16-4-2-3-5-17(16)19(23)25/h2-9H,10-13H2,1H3,(H,22,26). The molecular formula is C21H20N2O6. The molecule has 0 atom stereocenters. The van der Waals surface area contributed by atoms with E-state index in [0.29, 0.717) is 16.9 Å². The summed E-state index contributed by atoms with van der Waals surface area (Å²) in [4.78, 5) is 38.6. The van der Waals surface area contributed by atoms with Gasteiger partial charge < -0.3 is 19.5 Å². The van der Waals surface area contributed by atoms with E-state index in [9.17, 15) is 14.4 Å². The van der Waals surface area contributed by atoms with Gasteiger partial charge in [0.1, 0.15) is 17.9 Å². The van der Waals surface area contributed by atoms with E-state index >= 15 is 0 Å². The van der Waals surface area contributed by atoms with Crippen molar-refractivity contribution in [3.05, 3.63) is 65.2 Å².